The minimum absolute atomic E-state index is 0.0726. The summed E-state index contributed by atoms with van der Waals surface area (Å²) in [6.45, 7) is 0.138. The molecule has 9 heteroatoms. The Labute approximate surface area is 218 Å². The number of benzene rings is 3. The van der Waals surface area contributed by atoms with Crippen LogP contribution in [0.4, 0.5) is 10.5 Å². The molecule has 1 fully saturated rings. The molecule has 2 aliphatic rings. The van der Waals surface area contributed by atoms with Crippen molar-refractivity contribution >= 4 is 55.5 Å². The van der Waals surface area contributed by atoms with E-state index in [9.17, 15) is 19.5 Å². The van der Waals surface area contributed by atoms with Crippen LogP contribution >= 0.6 is 31.9 Å². The Morgan fingerprint density at radius 1 is 0.971 bits per heavy atom. The molecular formula is C26H20Br2N2O5. The highest BCUT2D eigenvalue weighted by atomic mass is 79.9. The molecule has 2 aliphatic carbocycles. The van der Waals surface area contributed by atoms with Gasteiger partial charge in [0, 0.05) is 14.9 Å². The zero-order valence-electron chi connectivity index (χ0n) is 18.3. The van der Waals surface area contributed by atoms with Crippen molar-refractivity contribution in [1.82, 2.24) is 5.32 Å². The summed E-state index contributed by atoms with van der Waals surface area (Å²) in [4.78, 5) is 37.4. The van der Waals surface area contributed by atoms with Crippen LogP contribution in [-0.4, -0.2) is 35.2 Å². The zero-order chi connectivity index (χ0) is 24.7. The van der Waals surface area contributed by atoms with Crippen molar-refractivity contribution in [2.75, 3.05) is 11.9 Å². The lowest BCUT2D eigenvalue weighted by Crippen LogP contribution is -2.46. The van der Waals surface area contributed by atoms with Crippen LogP contribution in [0.5, 0.6) is 0 Å². The van der Waals surface area contributed by atoms with E-state index in [0.717, 1.165) is 22.3 Å². The number of carboxylic acids is 1. The van der Waals surface area contributed by atoms with Crippen LogP contribution in [0.3, 0.4) is 0 Å². The average molecular weight is 600 g/mol. The number of anilines is 1. The maximum absolute atomic E-state index is 13.0. The number of fused-ring (bicyclic) bond motifs is 3. The Kier molecular flexibility index (Phi) is 6.14. The van der Waals surface area contributed by atoms with Gasteiger partial charge in [0.05, 0.1) is 11.3 Å². The van der Waals surface area contributed by atoms with Gasteiger partial charge in [-0.2, -0.15) is 0 Å². The van der Waals surface area contributed by atoms with Crippen LogP contribution in [0.1, 0.15) is 40.2 Å². The second-order valence-corrected chi connectivity index (χ2v) is 10.4. The number of ether oxygens (including phenoxy) is 1. The number of carboxylic acid groups (broad SMARTS) is 1. The molecule has 7 nitrogen and oxygen atoms in total. The molecule has 0 spiro atoms. The number of nitrogens with one attached hydrogen (secondary N) is 2. The number of amides is 2. The van der Waals surface area contributed by atoms with Crippen LogP contribution in [0.15, 0.2) is 69.6 Å². The van der Waals surface area contributed by atoms with Crippen molar-refractivity contribution in [2.24, 2.45) is 0 Å². The van der Waals surface area contributed by atoms with E-state index in [0.29, 0.717) is 21.8 Å². The first kappa shape index (κ1) is 23.6. The van der Waals surface area contributed by atoms with Gasteiger partial charge in [-0.25, -0.2) is 9.59 Å². The highest BCUT2D eigenvalue weighted by Gasteiger charge is 2.52. The van der Waals surface area contributed by atoms with Crippen LogP contribution in [0.2, 0.25) is 0 Å². The Balaban J connectivity index is 1.27. The molecule has 0 aliphatic heterocycles. The summed E-state index contributed by atoms with van der Waals surface area (Å²) in [5.41, 5.74) is 3.38. The first-order valence-corrected chi connectivity index (χ1v) is 12.5. The standard InChI is InChI=1S/C26H20Br2N2O5/c27-14-11-19(23(31)32)22(21(28)12-14)29-24(33)26(9-10-26)30-25(34)35-13-20-17-7-3-1-5-15(17)16-6-2-4-8-18(16)20/h1-8,11-12,20H,9-10,13H2,(H,29,33)(H,30,34)(H,31,32). The SMILES string of the molecule is O=C(NC1(C(=O)Nc2c(Br)cc(Br)cc2C(=O)O)CC1)OCC1c2ccccc2-c2ccccc21. The average Bonchev–Trinajstić information content (AvgIpc) is 3.54. The number of rotatable bonds is 6. The van der Waals surface area contributed by atoms with Gasteiger partial charge in [0.25, 0.3) is 0 Å². The highest BCUT2D eigenvalue weighted by Crippen LogP contribution is 2.45. The number of carbonyl (C=O) groups is 3. The predicted octanol–water partition coefficient (Wildman–Crippen LogP) is 5.92. The highest BCUT2D eigenvalue weighted by molar-refractivity contribution is 9.11. The van der Waals surface area contributed by atoms with Crippen LogP contribution in [0.25, 0.3) is 11.1 Å². The lowest BCUT2D eigenvalue weighted by molar-refractivity contribution is -0.119. The third-order valence-corrected chi connectivity index (χ3v) is 7.48. The van der Waals surface area contributed by atoms with E-state index >= 15 is 0 Å². The second kappa shape index (κ2) is 9.13. The molecule has 35 heavy (non-hydrogen) atoms. The summed E-state index contributed by atoms with van der Waals surface area (Å²) in [6, 6.07) is 19.1. The number of halogens is 2. The number of alkyl carbamates (subject to hydrolysis) is 1. The number of aromatic carboxylic acids is 1. The van der Waals surface area contributed by atoms with Gasteiger partial charge in [-0.3, -0.25) is 4.79 Å². The minimum Gasteiger partial charge on any atom is -0.478 e. The molecule has 2 amide bonds. The maximum Gasteiger partial charge on any atom is 0.408 e. The fraction of sp³-hybridized carbons (Fsp3) is 0.192. The summed E-state index contributed by atoms with van der Waals surface area (Å²) in [7, 11) is 0. The smallest absolute Gasteiger partial charge is 0.408 e. The van der Waals surface area contributed by atoms with E-state index in [1.54, 1.807) is 6.07 Å². The van der Waals surface area contributed by atoms with Gasteiger partial charge in [0.1, 0.15) is 12.1 Å². The molecule has 0 radical (unpaired) electrons. The Morgan fingerprint density at radius 2 is 1.57 bits per heavy atom. The molecule has 3 aromatic carbocycles. The Bertz CT molecular complexity index is 1320. The summed E-state index contributed by atoms with van der Waals surface area (Å²) >= 11 is 6.55. The van der Waals surface area contributed by atoms with Gasteiger partial charge in [-0.05, 0) is 63.2 Å². The van der Waals surface area contributed by atoms with Crippen molar-refractivity contribution in [1.29, 1.82) is 0 Å². The molecule has 0 aromatic heterocycles. The van der Waals surface area contributed by atoms with Gasteiger partial charge >= 0.3 is 12.1 Å². The van der Waals surface area contributed by atoms with Gasteiger partial charge in [-0.15, -0.1) is 0 Å². The summed E-state index contributed by atoms with van der Waals surface area (Å²) in [5, 5.41) is 14.9. The van der Waals surface area contributed by atoms with Gasteiger partial charge in [0.2, 0.25) is 5.91 Å². The molecule has 0 heterocycles. The minimum atomic E-state index is -1.18. The molecule has 0 saturated heterocycles. The Morgan fingerprint density at radius 3 is 2.14 bits per heavy atom. The zero-order valence-corrected chi connectivity index (χ0v) is 21.5. The largest absolute Gasteiger partial charge is 0.478 e. The maximum atomic E-state index is 13.0. The molecule has 0 unspecified atom stereocenters. The quantitative estimate of drug-likeness (QED) is 0.326. The monoisotopic (exact) mass is 598 g/mol. The molecule has 3 aromatic rings. The third-order valence-electron chi connectivity index (χ3n) is 6.39. The lowest BCUT2D eigenvalue weighted by Gasteiger charge is -2.20. The molecule has 3 N–H and O–H groups in total. The second-order valence-electron chi connectivity index (χ2n) is 8.60. The van der Waals surface area contributed by atoms with Crippen molar-refractivity contribution in [3.05, 3.63) is 86.3 Å². The van der Waals surface area contributed by atoms with Crippen LogP contribution < -0.4 is 10.6 Å². The van der Waals surface area contributed by atoms with E-state index in [1.165, 1.54) is 6.07 Å². The van der Waals surface area contributed by atoms with Crippen LogP contribution in [0, 0.1) is 0 Å². The summed E-state index contributed by atoms with van der Waals surface area (Å²) in [6.07, 6.45) is 0.173. The first-order chi connectivity index (χ1) is 16.8. The van der Waals surface area contributed by atoms with E-state index in [-0.39, 0.29) is 23.8 Å². The molecular weight excluding hydrogens is 580 g/mol. The number of hydrogen-bond donors (Lipinski definition) is 3. The number of hydrogen-bond acceptors (Lipinski definition) is 4. The Hall–Kier alpha value is -3.17. The summed E-state index contributed by atoms with van der Waals surface area (Å²) < 4.78 is 6.54. The van der Waals surface area contributed by atoms with Crippen molar-refractivity contribution < 1.29 is 24.2 Å². The summed E-state index contributed by atoms with van der Waals surface area (Å²) in [5.74, 6) is -1.76. The van der Waals surface area contributed by atoms with E-state index in [2.05, 4.69) is 54.6 Å². The topological polar surface area (TPSA) is 105 Å². The van der Waals surface area contributed by atoms with Gasteiger partial charge in [0.15, 0.2) is 0 Å². The van der Waals surface area contributed by atoms with Crippen molar-refractivity contribution in [3.8, 4) is 11.1 Å². The first-order valence-electron chi connectivity index (χ1n) is 11.0. The number of carbonyl (C=O) groups excluding carboxylic acids is 2. The van der Waals surface area contributed by atoms with E-state index < -0.39 is 23.5 Å². The van der Waals surface area contributed by atoms with Crippen LogP contribution in [-0.2, 0) is 9.53 Å². The normalized spacial score (nSPS) is 15.0. The fourth-order valence-corrected chi connectivity index (χ4v) is 5.79. The molecule has 1 saturated carbocycles. The van der Waals surface area contributed by atoms with E-state index in [4.69, 9.17) is 4.74 Å². The predicted molar refractivity (Wildman–Crippen MR) is 138 cm³/mol. The van der Waals surface area contributed by atoms with Gasteiger partial charge < -0.3 is 20.5 Å². The molecule has 0 bridgehead atoms. The van der Waals surface area contributed by atoms with E-state index in [1.807, 2.05) is 36.4 Å². The van der Waals surface area contributed by atoms with Gasteiger partial charge in [-0.1, -0.05) is 64.5 Å². The fourth-order valence-electron chi connectivity index (χ4n) is 4.47. The van der Waals surface area contributed by atoms with Crippen molar-refractivity contribution in [3.63, 3.8) is 0 Å². The third kappa shape index (κ3) is 4.46. The molecule has 5 rings (SSSR count). The molecule has 0 atom stereocenters. The lowest BCUT2D eigenvalue weighted by atomic mass is 9.98. The van der Waals surface area contributed by atoms with Crippen molar-refractivity contribution in [2.45, 2.75) is 24.3 Å². The molecule has 178 valence electrons.